The molecule has 0 aromatic rings. The monoisotopic (exact) mass is 287 g/mol. The quantitative estimate of drug-likeness (QED) is 0.794. The van der Waals surface area contributed by atoms with Gasteiger partial charge in [0, 0.05) is 34.6 Å². The van der Waals surface area contributed by atoms with E-state index >= 15 is 0 Å². The van der Waals surface area contributed by atoms with Gasteiger partial charge >= 0.3 is 0 Å². The Hall–Kier alpha value is -0.545. The highest BCUT2D eigenvalue weighted by atomic mass is 16.5. The molecule has 5 heteroatoms. The Labute approximate surface area is 129 Å². The van der Waals surface area contributed by atoms with Crippen LogP contribution in [0, 0.1) is 0 Å². The minimum Gasteiger partial charge on any atom is -0.366 e. The number of nitrogens with one attached hydrogen (secondary N) is 1. The maximum Gasteiger partial charge on any atom is 0.253 e. The van der Waals surface area contributed by atoms with Gasteiger partial charge in [-0.2, -0.15) is 0 Å². The van der Waals surface area contributed by atoms with E-state index in [9.17, 15) is 4.79 Å². The predicted octanol–water partition coefficient (Wildman–Crippen LogP) is 2.54. The average molecular weight is 287 g/mol. The number of rotatable bonds is 2. The topological polar surface area (TPSA) is 41.6 Å². The average Bonchev–Trinajstić information content (AvgIpc) is 2.52. The van der Waals surface area contributed by atoms with Crippen molar-refractivity contribution in [2.24, 2.45) is 0 Å². The molecular weight excluding hydrogens is 251 g/mol. The minimum absolute atomic E-state index is 0. The van der Waals surface area contributed by atoms with Crippen molar-refractivity contribution in [2.45, 2.75) is 67.5 Å². The van der Waals surface area contributed by atoms with Crippen molar-refractivity contribution in [1.29, 1.82) is 0 Å². The van der Waals surface area contributed by atoms with Crippen LogP contribution >= 0.6 is 0 Å². The first-order chi connectivity index (χ1) is 9.13. The van der Waals surface area contributed by atoms with E-state index in [4.69, 9.17) is 4.74 Å². The van der Waals surface area contributed by atoms with Gasteiger partial charge in [-0.3, -0.25) is 4.79 Å². The lowest BCUT2D eigenvalue weighted by Crippen LogP contribution is -2.49. The molecule has 0 bridgehead atoms. The van der Waals surface area contributed by atoms with Crippen LogP contribution in [0.5, 0.6) is 0 Å². The number of likely N-dealkylation sites (N-methyl/N-ethyl adjacent to an activating group) is 1. The third-order valence-corrected chi connectivity index (χ3v) is 2.33. The molecular formula is C15H36BN2O2. The van der Waals surface area contributed by atoms with Crippen molar-refractivity contribution in [2.75, 3.05) is 26.7 Å². The lowest BCUT2D eigenvalue weighted by Gasteiger charge is -2.29. The van der Waals surface area contributed by atoms with Gasteiger partial charge in [-0.1, -0.05) is 41.5 Å². The normalized spacial score (nSPS) is 16.0. The van der Waals surface area contributed by atoms with Crippen LogP contribution in [0.1, 0.15) is 55.4 Å². The van der Waals surface area contributed by atoms with Crippen LogP contribution in [-0.2, 0) is 9.53 Å². The highest BCUT2D eigenvalue weighted by Crippen LogP contribution is 2.03. The molecule has 1 saturated heterocycles. The van der Waals surface area contributed by atoms with E-state index in [1.807, 2.05) is 62.4 Å². The third-order valence-electron chi connectivity index (χ3n) is 2.33. The molecule has 1 aliphatic rings. The highest BCUT2D eigenvalue weighted by molar-refractivity contribution is 5.81. The molecule has 1 N–H and O–H groups in total. The standard InChI is InChI=1S/C9H18N2O2.3C2H6.B/c1-7(2)11(3)9(12)8-6-10-4-5-13-8;3*1-2;/h7-8,10H,4-6H2,1-3H3;3*1-2H3;/t8-;;;;/m1..../s1. The summed E-state index contributed by atoms with van der Waals surface area (Å²) in [6.07, 6.45) is -0.291. The van der Waals surface area contributed by atoms with Gasteiger partial charge in [0.15, 0.2) is 0 Å². The fraction of sp³-hybridized carbons (Fsp3) is 0.933. The van der Waals surface area contributed by atoms with Crippen LogP contribution in [0.15, 0.2) is 0 Å². The Kier molecular flexibility index (Phi) is 28.8. The number of amides is 1. The van der Waals surface area contributed by atoms with Crippen LogP contribution in [0.3, 0.4) is 0 Å². The summed E-state index contributed by atoms with van der Waals surface area (Å²) < 4.78 is 5.36. The minimum atomic E-state index is -0.291. The van der Waals surface area contributed by atoms with Gasteiger partial charge in [-0.05, 0) is 13.8 Å². The summed E-state index contributed by atoms with van der Waals surface area (Å²) in [6.45, 7) is 18.1. The van der Waals surface area contributed by atoms with E-state index in [0.717, 1.165) is 6.54 Å². The number of ether oxygens (including phenoxy) is 1. The lowest BCUT2D eigenvalue weighted by molar-refractivity contribution is -0.145. The Bertz CT molecular complexity index is 185. The first kappa shape index (κ1) is 27.7. The second-order valence-corrected chi connectivity index (χ2v) is 3.61. The van der Waals surface area contributed by atoms with Crippen molar-refractivity contribution >= 4 is 14.3 Å². The summed E-state index contributed by atoms with van der Waals surface area (Å²) >= 11 is 0. The molecule has 0 unspecified atom stereocenters. The first-order valence-electron chi connectivity index (χ1n) is 7.72. The van der Waals surface area contributed by atoms with Crippen LogP contribution in [0.2, 0.25) is 0 Å². The van der Waals surface area contributed by atoms with Gasteiger partial charge in [-0.15, -0.1) is 0 Å². The molecule has 20 heavy (non-hydrogen) atoms. The Morgan fingerprint density at radius 1 is 1.15 bits per heavy atom. The summed E-state index contributed by atoms with van der Waals surface area (Å²) in [5.74, 6) is 0.0715. The zero-order valence-electron chi connectivity index (χ0n) is 15.1. The van der Waals surface area contributed by atoms with E-state index in [0.29, 0.717) is 13.2 Å². The summed E-state index contributed by atoms with van der Waals surface area (Å²) in [5, 5.41) is 3.14. The maximum atomic E-state index is 11.7. The maximum absolute atomic E-state index is 11.7. The molecule has 0 aliphatic carbocycles. The third kappa shape index (κ3) is 12.5. The van der Waals surface area contributed by atoms with E-state index in [-0.39, 0.29) is 26.5 Å². The summed E-state index contributed by atoms with van der Waals surface area (Å²) in [5.41, 5.74) is 0. The van der Waals surface area contributed by atoms with Crippen molar-refractivity contribution in [3.05, 3.63) is 0 Å². The zero-order chi connectivity index (χ0) is 15.8. The van der Waals surface area contributed by atoms with Crippen molar-refractivity contribution in [3.8, 4) is 0 Å². The Balaban J connectivity index is -0.000000162. The molecule has 0 saturated carbocycles. The smallest absolute Gasteiger partial charge is 0.253 e. The SMILES string of the molecule is CC.CC.CC.CC(C)N(C)C(=O)[C@H]1CNCCO1.[B]. The van der Waals surface area contributed by atoms with E-state index in [2.05, 4.69) is 5.32 Å². The number of carbonyl (C=O) groups excluding carboxylic acids is 1. The van der Waals surface area contributed by atoms with E-state index < -0.39 is 0 Å². The number of carbonyl (C=O) groups is 1. The fourth-order valence-electron chi connectivity index (χ4n) is 1.21. The van der Waals surface area contributed by atoms with Crippen molar-refractivity contribution in [1.82, 2.24) is 10.2 Å². The van der Waals surface area contributed by atoms with Crippen LogP contribution in [-0.4, -0.2) is 58.1 Å². The number of nitrogens with zero attached hydrogens (tertiary/aromatic N) is 1. The summed E-state index contributed by atoms with van der Waals surface area (Å²) in [7, 11) is 1.81. The lowest BCUT2D eigenvalue weighted by atomic mass is 10.2. The van der Waals surface area contributed by atoms with Crippen LogP contribution in [0.4, 0.5) is 0 Å². The molecule has 0 aromatic heterocycles. The van der Waals surface area contributed by atoms with Gasteiger partial charge in [0.1, 0.15) is 6.10 Å². The van der Waals surface area contributed by atoms with Crippen molar-refractivity contribution in [3.63, 3.8) is 0 Å². The predicted molar refractivity (Wildman–Crippen MR) is 90.3 cm³/mol. The molecule has 1 fully saturated rings. The Morgan fingerprint density at radius 2 is 1.60 bits per heavy atom. The molecule has 1 rings (SSSR count). The van der Waals surface area contributed by atoms with Gasteiger partial charge < -0.3 is 15.0 Å². The molecule has 1 aliphatic heterocycles. The molecule has 121 valence electrons. The highest BCUT2D eigenvalue weighted by Gasteiger charge is 2.25. The van der Waals surface area contributed by atoms with Crippen LogP contribution in [0.25, 0.3) is 0 Å². The molecule has 4 nitrogen and oxygen atoms in total. The Morgan fingerprint density at radius 3 is 1.90 bits per heavy atom. The van der Waals surface area contributed by atoms with E-state index in [1.165, 1.54) is 0 Å². The van der Waals surface area contributed by atoms with Crippen molar-refractivity contribution < 1.29 is 9.53 Å². The zero-order valence-corrected chi connectivity index (χ0v) is 15.1. The van der Waals surface area contributed by atoms with Gasteiger partial charge in [0.2, 0.25) is 0 Å². The number of hydrogen-bond acceptors (Lipinski definition) is 3. The summed E-state index contributed by atoms with van der Waals surface area (Å²) in [6, 6.07) is 0.234. The van der Waals surface area contributed by atoms with Crippen LogP contribution < -0.4 is 5.32 Å². The van der Waals surface area contributed by atoms with Gasteiger partial charge in [0.05, 0.1) is 6.61 Å². The summed E-state index contributed by atoms with van der Waals surface area (Å²) in [4.78, 5) is 13.4. The number of hydrogen-bond donors (Lipinski definition) is 1. The largest absolute Gasteiger partial charge is 0.366 e. The second kappa shape index (κ2) is 20.8. The van der Waals surface area contributed by atoms with Gasteiger partial charge in [-0.25, -0.2) is 0 Å². The molecule has 0 spiro atoms. The van der Waals surface area contributed by atoms with Gasteiger partial charge in [0.25, 0.3) is 5.91 Å². The molecule has 1 heterocycles. The first-order valence-corrected chi connectivity index (χ1v) is 7.72. The van der Waals surface area contributed by atoms with E-state index in [1.54, 1.807) is 4.90 Å². The number of morpholine rings is 1. The fourth-order valence-corrected chi connectivity index (χ4v) is 1.21. The second-order valence-electron chi connectivity index (χ2n) is 3.61. The molecule has 3 radical (unpaired) electrons. The molecule has 1 atom stereocenters. The molecule has 0 aromatic carbocycles. The molecule has 1 amide bonds.